The highest BCUT2D eigenvalue weighted by molar-refractivity contribution is 14.0. The van der Waals surface area contributed by atoms with Crippen LogP contribution in [0.4, 0.5) is 0 Å². The molecule has 8 heteroatoms. The molecule has 156 valence electrons. The van der Waals surface area contributed by atoms with E-state index in [4.69, 9.17) is 0 Å². The highest BCUT2D eigenvalue weighted by atomic mass is 127. The van der Waals surface area contributed by atoms with E-state index in [0.717, 1.165) is 29.3 Å². The molecule has 0 aliphatic heterocycles. The lowest BCUT2D eigenvalue weighted by Crippen LogP contribution is -2.42. The summed E-state index contributed by atoms with van der Waals surface area (Å²) in [6, 6.07) is 10.4. The Bertz CT molecular complexity index is 944. The van der Waals surface area contributed by atoms with E-state index in [1.54, 1.807) is 13.2 Å². The van der Waals surface area contributed by atoms with Gasteiger partial charge in [-0.1, -0.05) is 18.2 Å². The minimum Gasteiger partial charge on any atom is -0.354 e. The highest BCUT2D eigenvalue weighted by Crippen LogP contribution is 2.15. The van der Waals surface area contributed by atoms with Gasteiger partial charge in [0.2, 0.25) is 0 Å². The maximum absolute atomic E-state index is 4.51. The Morgan fingerprint density at radius 3 is 2.59 bits per heavy atom. The normalized spacial score (nSPS) is 12.4. The summed E-state index contributed by atoms with van der Waals surface area (Å²) in [5.74, 6) is 0.780. The second-order valence-electron chi connectivity index (χ2n) is 7.03. The van der Waals surface area contributed by atoms with Crippen molar-refractivity contribution in [1.82, 2.24) is 30.2 Å². The fourth-order valence-corrected chi connectivity index (χ4v) is 3.37. The standard InChI is InChI=1S/C21H29N7.HI/c1-15(13-19-16(2)26-27(5)17(19)3)25-21(22-4)23-14-18-9-6-7-10-20(18)28-12-8-11-24-28;/h6-12,15H,13-14H2,1-5H3,(H2,22,23,25);1H. The topological polar surface area (TPSA) is 72.1 Å². The van der Waals surface area contributed by atoms with E-state index in [9.17, 15) is 0 Å². The molecular weight excluding hydrogens is 477 g/mol. The fourth-order valence-electron chi connectivity index (χ4n) is 3.37. The fraction of sp³-hybridized carbons (Fsp3) is 0.381. The van der Waals surface area contributed by atoms with Gasteiger partial charge in [-0.25, -0.2) is 4.68 Å². The zero-order valence-corrected chi connectivity index (χ0v) is 20.0. The van der Waals surface area contributed by atoms with Gasteiger partial charge >= 0.3 is 0 Å². The molecule has 1 atom stereocenters. The zero-order chi connectivity index (χ0) is 20.1. The van der Waals surface area contributed by atoms with Crippen molar-refractivity contribution in [3.8, 4) is 5.69 Å². The van der Waals surface area contributed by atoms with E-state index < -0.39 is 0 Å². The number of nitrogens with one attached hydrogen (secondary N) is 2. The number of para-hydroxylation sites is 1. The first kappa shape index (κ1) is 22.9. The molecule has 0 aliphatic rings. The van der Waals surface area contributed by atoms with Crippen LogP contribution in [0.2, 0.25) is 0 Å². The first-order valence-corrected chi connectivity index (χ1v) is 9.53. The monoisotopic (exact) mass is 507 g/mol. The van der Waals surface area contributed by atoms with Crippen LogP contribution in [0.5, 0.6) is 0 Å². The summed E-state index contributed by atoms with van der Waals surface area (Å²) in [6.45, 7) is 7.00. The Morgan fingerprint density at radius 1 is 1.21 bits per heavy atom. The number of hydrogen-bond acceptors (Lipinski definition) is 3. The molecule has 1 aromatic carbocycles. The van der Waals surface area contributed by atoms with Crippen molar-refractivity contribution >= 4 is 29.9 Å². The van der Waals surface area contributed by atoms with Gasteiger partial charge in [-0.05, 0) is 50.5 Å². The van der Waals surface area contributed by atoms with Crippen molar-refractivity contribution in [3.63, 3.8) is 0 Å². The summed E-state index contributed by atoms with van der Waals surface area (Å²) in [5.41, 5.74) is 5.81. The molecule has 3 rings (SSSR count). The quantitative estimate of drug-likeness (QED) is 0.306. The number of rotatable bonds is 6. The Morgan fingerprint density at radius 2 is 1.97 bits per heavy atom. The molecule has 0 saturated heterocycles. The van der Waals surface area contributed by atoms with E-state index in [2.05, 4.69) is 58.7 Å². The van der Waals surface area contributed by atoms with E-state index in [-0.39, 0.29) is 30.0 Å². The third-order valence-corrected chi connectivity index (χ3v) is 4.97. The first-order chi connectivity index (χ1) is 13.5. The van der Waals surface area contributed by atoms with E-state index in [1.807, 2.05) is 40.8 Å². The summed E-state index contributed by atoms with van der Waals surface area (Å²) in [7, 11) is 3.78. The molecule has 0 bridgehead atoms. The summed E-state index contributed by atoms with van der Waals surface area (Å²) >= 11 is 0. The van der Waals surface area contributed by atoms with Crippen molar-refractivity contribution in [3.05, 3.63) is 65.2 Å². The number of aryl methyl sites for hydroxylation is 2. The number of aliphatic imine (C=N–C) groups is 1. The van der Waals surface area contributed by atoms with Crippen LogP contribution < -0.4 is 10.6 Å². The maximum Gasteiger partial charge on any atom is 0.191 e. The second-order valence-corrected chi connectivity index (χ2v) is 7.03. The van der Waals surface area contributed by atoms with Crippen LogP contribution in [0.1, 0.15) is 29.4 Å². The van der Waals surface area contributed by atoms with Crippen molar-refractivity contribution in [1.29, 1.82) is 0 Å². The van der Waals surface area contributed by atoms with Gasteiger partial charge in [-0.2, -0.15) is 10.2 Å². The van der Waals surface area contributed by atoms with Gasteiger partial charge in [0.1, 0.15) is 0 Å². The lowest BCUT2D eigenvalue weighted by Gasteiger charge is -2.19. The highest BCUT2D eigenvalue weighted by Gasteiger charge is 2.14. The molecule has 29 heavy (non-hydrogen) atoms. The Kier molecular flexibility index (Phi) is 8.24. The SMILES string of the molecule is CN=C(NCc1ccccc1-n1cccn1)NC(C)Cc1c(C)nn(C)c1C.I. The molecule has 2 N–H and O–H groups in total. The third kappa shape index (κ3) is 5.59. The summed E-state index contributed by atoms with van der Waals surface area (Å²) in [5, 5.41) is 15.7. The summed E-state index contributed by atoms with van der Waals surface area (Å²) in [4.78, 5) is 4.38. The number of aromatic nitrogens is 4. The predicted molar refractivity (Wildman–Crippen MR) is 128 cm³/mol. The lowest BCUT2D eigenvalue weighted by atomic mass is 10.1. The van der Waals surface area contributed by atoms with E-state index in [1.165, 1.54) is 11.3 Å². The van der Waals surface area contributed by atoms with Crippen LogP contribution in [-0.2, 0) is 20.0 Å². The van der Waals surface area contributed by atoms with Gasteiger partial charge in [0.05, 0.1) is 11.4 Å². The average molecular weight is 507 g/mol. The molecule has 0 radical (unpaired) electrons. The molecule has 0 aliphatic carbocycles. The number of nitrogens with zero attached hydrogens (tertiary/aromatic N) is 5. The van der Waals surface area contributed by atoms with Crippen LogP contribution >= 0.6 is 24.0 Å². The number of hydrogen-bond donors (Lipinski definition) is 2. The van der Waals surface area contributed by atoms with Gasteiger partial charge in [0.15, 0.2) is 5.96 Å². The van der Waals surface area contributed by atoms with Gasteiger partial charge in [0, 0.05) is 44.8 Å². The number of halogens is 1. The van der Waals surface area contributed by atoms with E-state index in [0.29, 0.717) is 6.54 Å². The Balaban J connectivity index is 0.00000300. The molecule has 0 amide bonds. The molecule has 0 spiro atoms. The molecular formula is C21H30IN7. The zero-order valence-electron chi connectivity index (χ0n) is 17.7. The molecule has 0 saturated carbocycles. The van der Waals surface area contributed by atoms with Crippen LogP contribution in [-0.4, -0.2) is 38.6 Å². The second kappa shape index (κ2) is 10.4. The number of guanidine groups is 1. The van der Waals surface area contributed by atoms with Crippen molar-refractivity contribution in [2.24, 2.45) is 12.0 Å². The average Bonchev–Trinajstić information content (AvgIpc) is 3.30. The van der Waals surface area contributed by atoms with Crippen molar-refractivity contribution < 1.29 is 0 Å². The molecule has 2 aromatic heterocycles. The molecule has 2 heterocycles. The lowest BCUT2D eigenvalue weighted by molar-refractivity contribution is 0.635. The largest absolute Gasteiger partial charge is 0.354 e. The maximum atomic E-state index is 4.51. The van der Waals surface area contributed by atoms with E-state index >= 15 is 0 Å². The van der Waals surface area contributed by atoms with Crippen LogP contribution in [0.3, 0.4) is 0 Å². The van der Waals surface area contributed by atoms with Gasteiger partial charge in [-0.15, -0.1) is 24.0 Å². The molecule has 1 unspecified atom stereocenters. The van der Waals surface area contributed by atoms with Crippen LogP contribution in [0.25, 0.3) is 5.69 Å². The molecule has 0 fully saturated rings. The molecule has 3 aromatic rings. The Labute approximate surface area is 189 Å². The minimum atomic E-state index is 0. The number of benzene rings is 1. The third-order valence-electron chi connectivity index (χ3n) is 4.97. The van der Waals surface area contributed by atoms with Gasteiger partial charge in [0.25, 0.3) is 0 Å². The summed E-state index contributed by atoms with van der Waals surface area (Å²) in [6.07, 6.45) is 4.64. The minimum absolute atomic E-state index is 0. The van der Waals surface area contributed by atoms with Crippen LogP contribution in [0, 0.1) is 13.8 Å². The van der Waals surface area contributed by atoms with Crippen molar-refractivity contribution in [2.75, 3.05) is 7.05 Å². The van der Waals surface area contributed by atoms with Crippen LogP contribution in [0.15, 0.2) is 47.7 Å². The first-order valence-electron chi connectivity index (χ1n) is 9.53. The smallest absolute Gasteiger partial charge is 0.191 e. The van der Waals surface area contributed by atoms with Crippen molar-refractivity contribution in [2.45, 2.75) is 39.8 Å². The Hall–Kier alpha value is -2.36. The molecule has 7 nitrogen and oxygen atoms in total. The van der Waals surface area contributed by atoms with Gasteiger partial charge in [-0.3, -0.25) is 9.67 Å². The van der Waals surface area contributed by atoms with Gasteiger partial charge < -0.3 is 10.6 Å². The summed E-state index contributed by atoms with van der Waals surface area (Å²) < 4.78 is 3.82. The predicted octanol–water partition coefficient (Wildman–Crippen LogP) is 3.14.